The van der Waals surface area contributed by atoms with Gasteiger partial charge in [-0.3, -0.25) is 9.19 Å². The molecule has 0 saturated heterocycles. The molecule has 0 bridgehead atoms. The van der Waals surface area contributed by atoms with Crippen molar-refractivity contribution in [2.75, 3.05) is 11.5 Å². The van der Waals surface area contributed by atoms with Gasteiger partial charge in [-0.25, -0.2) is 0 Å². The molecule has 1 atom stereocenters. The highest BCUT2D eigenvalue weighted by molar-refractivity contribution is 7.84. The van der Waals surface area contributed by atoms with Gasteiger partial charge in [0.2, 0.25) is 0 Å². The lowest BCUT2D eigenvalue weighted by Crippen LogP contribution is -2.03. The molecule has 0 fully saturated rings. The number of aromatic nitrogens is 1. The van der Waals surface area contributed by atoms with Crippen LogP contribution >= 0.6 is 0 Å². The third kappa shape index (κ3) is 3.53. The first kappa shape index (κ1) is 14.0. The summed E-state index contributed by atoms with van der Waals surface area (Å²) < 4.78 is 12.1. The minimum atomic E-state index is -0.816. The number of fused-ring (bicyclic) bond motifs is 1. The Labute approximate surface area is 116 Å². The monoisotopic (exact) mass is 276 g/mol. The predicted molar refractivity (Wildman–Crippen MR) is 82.4 cm³/mol. The van der Waals surface area contributed by atoms with Crippen LogP contribution in [0, 0.1) is 0 Å². The van der Waals surface area contributed by atoms with Crippen LogP contribution in [0.2, 0.25) is 0 Å². The molecule has 0 aliphatic rings. The molecule has 1 heterocycles. The lowest BCUT2D eigenvalue weighted by atomic mass is 10.1. The molecule has 19 heavy (non-hydrogen) atoms. The first-order chi connectivity index (χ1) is 9.22. The summed E-state index contributed by atoms with van der Waals surface area (Å²) in [6, 6.07) is 7.66. The van der Waals surface area contributed by atoms with Crippen molar-refractivity contribution < 1.29 is 4.21 Å². The van der Waals surface area contributed by atoms with E-state index >= 15 is 0 Å². The molecule has 1 aromatic heterocycles. The van der Waals surface area contributed by atoms with Crippen molar-refractivity contribution in [3.8, 4) is 0 Å². The van der Waals surface area contributed by atoms with Crippen LogP contribution in [-0.2, 0) is 16.6 Å². The van der Waals surface area contributed by atoms with Gasteiger partial charge in [-0.1, -0.05) is 25.8 Å². The standard InChI is InChI=1S/C15H20N2OS/c1-2-3-4-10-19(18)11-12-7-8-14(16)13-6-5-9-17-15(12)13/h5-9H,2-4,10-11,16H2,1H3. The SMILES string of the molecule is CCCCCS(=O)Cc1ccc(N)c2cccnc12. The van der Waals surface area contributed by atoms with Crippen molar-refractivity contribution in [2.24, 2.45) is 0 Å². The number of anilines is 1. The van der Waals surface area contributed by atoms with Crippen LogP contribution in [0.15, 0.2) is 30.5 Å². The van der Waals surface area contributed by atoms with E-state index in [0.29, 0.717) is 5.75 Å². The quantitative estimate of drug-likeness (QED) is 0.651. The molecule has 3 nitrogen and oxygen atoms in total. The van der Waals surface area contributed by atoms with E-state index in [1.807, 2.05) is 24.3 Å². The summed E-state index contributed by atoms with van der Waals surface area (Å²) in [6.45, 7) is 2.15. The van der Waals surface area contributed by atoms with Crippen molar-refractivity contribution in [3.63, 3.8) is 0 Å². The van der Waals surface area contributed by atoms with Crippen molar-refractivity contribution in [1.82, 2.24) is 4.98 Å². The highest BCUT2D eigenvalue weighted by atomic mass is 32.2. The number of hydrogen-bond donors (Lipinski definition) is 1. The largest absolute Gasteiger partial charge is 0.398 e. The molecule has 1 aromatic carbocycles. The summed E-state index contributed by atoms with van der Waals surface area (Å²) in [5.74, 6) is 1.34. The Bertz CT molecular complexity index is 583. The number of rotatable bonds is 6. The Balaban J connectivity index is 2.17. The third-order valence-corrected chi connectivity index (χ3v) is 4.56. The van der Waals surface area contributed by atoms with E-state index in [-0.39, 0.29) is 0 Å². The summed E-state index contributed by atoms with van der Waals surface area (Å²) in [7, 11) is -0.816. The number of unbranched alkanes of at least 4 members (excludes halogenated alkanes) is 2. The Hall–Kier alpha value is -1.42. The Kier molecular flexibility index (Phi) is 4.91. The topological polar surface area (TPSA) is 56.0 Å². The lowest BCUT2D eigenvalue weighted by Gasteiger charge is -2.08. The van der Waals surface area contributed by atoms with Crippen LogP contribution in [0.5, 0.6) is 0 Å². The fourth-order valence-electron chi connectivity index (χ4n) is 2.13. The zero-order chi connectivity index (χ0) is 13.7. The highest BCUT2D eigenvalue weighted by Gasteiger charge is 2.08. The molecular formula is C15H20N2OS. The fraction of sp³-hybridized carbons (Fsp3) is 0.400. The first-order valence-corrected chi connectivity index (χ1v) is 8.18. The predicted octanol–water partition coefficient (Wildman–Crippen LogP) is 3.26. The molecular weight excluding hydrogens is 256 g/mol. The van der Waals surface area contributed by atoms with E-state index in [1.165, 1.54) is 0 Å². The molecule has 102 valence electrons. The number of nitrogens with two attached hydrogens (primary N) is 1. The normalized spacial score (nSPS) is 12.7. The van der Waals surface area contributed by atoms with Gasteiger partial charge in [-0.15, -0.1) is 0 Å². The van der Waals surface area contributed by atoms with Crippen molar-refractivity contribution in [1.29, 1.82) is 0 Å². The van der Waals surface area contributed by atoms with Crippen LogP contribution < -0.4 is 5.73 Å². The van der Waals surface area contributed by atoms with E-state index in [1.54, 1.807) is 6.20 Å². The molecule has 0 amide bonds. The molecule has 1 unspecified atom stereocenters. The molecule has 4 heteroatoms. The molecule has 2 N–H and O–H groups in total. The van der Waals surface area contributed by atoms with Gasteiger partial charge < -0.3 is 5.73 Å². The molecule has 0 radical (unpaired) electrons. The summed E-state index contributed by atoms with van der Waals surface area (Å²) >= 11 is 0. The number of nitrogen functional groups attached to an aromatic ring is 1. The average molecular weight is 276 g/mol. The van der Waals surface area contributed by atoms with Crippen molar-refractivity contribution in [3.05, 3.63) is 36.0 Å². The zero-order valence-electron chi connectivity index (χ0n) is 11.3. The van der Waals surface area contributed by atoms with Gasteiger partial charge in [0.1, 0.15) is 0 Å². The summed E-state index contributed by atoms with van der Waals surface area (Å²) in [5.41, 5.74) is 8.57. The molecule has 0 saturated carbocycles. The van der Waals surface area contributed by atoms with Crippen LogP contribution in [0.4, 0.5) is 5.69 Å². The van der Waals surface area contributed by atoms with Crippen LogP contribution in [0.25, 0.3) is 10.9 Å². The molecule has 2 aromatic rings. The van der Waals surface area contributed by atoms with Gasteiger partial charge in [-0.2, -0.15) is 0 Å². The maximum absolute atomic E-state index is 12.1. The highest BCUT2D eigenvalue weighted by Crippen LogP contribution is 2.23. The fourth-order valence-corrected chi connectivity index (χ4v) is 3.38. The minimum Gasteiger partial charge on any atom is -0.398 e. The van der Waals surface area contributed by atoms with E-state index in [9.17, 15) is 4.21 Å². The maximum atomic E-state index is 12.1. The van der Waals surface area contributed by atoms with Crippen LogP contribution in [-0.4, -0.2) is 14.9 Å². The van der Waals surface area contributed by atoms with Gasteiger partial charge in [0.15, 0.2) is 0 Å². The summed E-state index contributed by atoms with van der Waals surface area (Å²) in [4.78, 5) is 4.38. The first-order valence-electron chi connectivity index (χ1n) is 6.69. The van der Waals surface area contributed by atoms with E-state index < -0.39 is 10.8 Å². The zero-order valence-corrected chi connectivity index (χ0v) is 12.1. The number of pyridine rings is 1. The second kappa shape index (κ2) is 6.66. The molecule has 2 rings (SSSR count). The van der Waals surface area contributed by atoms with Crippen molar-refractivity contribution >= 4 is 27.4 Å². The van der Waals surface area contributed by atoms with Crippen LogP contribution in [0.3, 0.4) is 0 Å². The number of hydrogen-bond acceptors (Lipinski definition) is 3. The summed E-state index contributed by atoms with van der Waals surface area (Å²) in [5, 5.41) is 0.950. The minimum absolute atomic E-state index is 0.567. The molecule has 0 aliphatic heterocycles. The van der Waals surface area contributed by atoms with Gasteiger partial charge in [0.05, 0.1) is 11.3 Å². The Morgan fingerprint density at radius 2 is 2.11 bits per heavy atom. The number of nitrogens with zero attached hydrogens (tertiary/aromatic N) is 1. The maximum Gasteiger partial charge on any atom is 0.0763 e. The van der Waals surface area contributed by atoms with E-state index in [2.05, 4.69) is 11.9 Å². The Morgan fingerprint density at radius 1 is 1.26 bits per heavy atom. The average Bonchev–Trinajstić information content (AvgIpc) is 2.43. The van der Waals surface area contributed by atoms with Gasteiger partial charge in [-0.05, 0) is 30.2 Å². The van der Waals surface area contributed by atoms with Gasteiger partial charge in [0, 0.05) is 33.8 Å². The van der Waals surface area contributed by atoms with Crippen molar-refractivity contribution in [2.45, 2.75) is 31.9 Å². The summed E-state index contributed by atoms with van der Waals surface area (Å²) in [6.07, 6.45) is 5.09. The molecule has 0 spiro atoms. The lowest BCUT2D eigenvalue weighted by molar-refractivity contribution is 0.676. The molecule has 0 aliphatic carbocycles. The van der Waals surface area contributed by atoms with Gasteiger partial charge in [0.25, 0.3) is 0 Å². The second-order valence-electron chi connectivity index (χ2n) is 4.71. The van der Waals surface area contributed by atoms with E-state index in [4.69, 9.17) is 5.73 Å². The Morgan fingerprint density at radius 3 is 2.89 bits per heavy atom. The van der Waals surface area contributed by atoms with E-state index in [0.717, 1.165) is 47.2 Å². The smallest absolute Gasteiger partial charge is 0.0763 e. The third-order valence-electron chi connectivity index (χ3n) is 3.18. The second-order valence-corrected chi connectivity index (χ2v) is 6.29. The van der Waals surface area contributed by atoms with Crippen LogP contribution in [0.1, 0.15) is 31.7 Å². The van der Waals surface area contributed by atoms with Gasteiger partial charge >= 0.3 is 0 Å². The number of benzene rings is 1.